The highest BCUT2D eigenvalue weighted by molar-refractivity contribution is 8.13. The maximum atomic E-state index is 10.8. The molecule has 0 aliphatic rings. The Morgan fingerprint density at radius 3 is 2.50 bits per heavy atom. The van der Waals surface area contributed by atoms with E-state index in [9.17, 15) is 19.8 Å². The van der Waals surface area contributed by atoms with Crippen molar-refractivity contribution in [2.45, 2.75) is 26.1 Å². The lowest BCUT2D eigenvalue weighted by atomic mass is 10.1. The number of carbonyl (C=O) groups is 2. The van der Waals surface area contributed by atoms with E-state index in [0.29, 0.717) is 10.4 Å². The Labute approximate surface area is 112 Å². The molecule has 1 aromatic rings. The van der Waals surface area contributed by atoms with E-state index in [2.05, 4.69) is 0 Å². The van der Waals surface area contributed by atoms with Gasteiger partial charge in [-0.15, -0.1) is 11.3 Å². The molecule has 7 heteroatoms. The molecule has 0 amide bonds. The SMILES string of the molecule is CC(=O)SCC(O)C(O)c1sc(C(=O)O)cc1C. The quantitative estimate of drug-likeness (QED) is 0.759. The Kier molecular flexibility index (Phi) is 5.33. The van der Waals surface area contributed by atoms with E-state index in [1.54, 1.807) is 6.92 Å². The van der Waals surface area contributed by atoms with Crippen molar-refractivity contribution in [3.63, 3.8) is 0 Å². The number of aryl methyl sites for hydroxylation is 1. The fourth-order valence-corrected chi connectivity index (χ4v) is 3.01. The van der Waals surface area contributed by atoms with Crippen molar-refractivity contribution in [1.29, 1.82) is 0 Å². The van der Waals surface area contributed by atoms with Crippen LogP contribution in [-0.2, 0) is 4.79 Å². The van der Waals surface area contributed by atoms with E-state index >= 15 is 0 Å². The molecule has 3 N–H and O–H groups in total. The van der Waals surface area contributed by atoms with Crippen LogP contribution in [0.3, 0.4) is 0 Å². The summed E-state index contributed by atoms with van der Waals surface area (Å²) < 4.78 is 0. The molecule has 0 saturated carbocycles. The first-order chi connectivity index (χ1) is 8.32. The highest BCUT2D eigenvalue weighted by Crippen LogP contribution is 2.30. The van der Waals surface area contributed by atoms with Gasteiger partial charge in [0, 0.05) is 17.6 Å². The topological polar surface area (TPSA) is 94.8 Å². The Morgan fingerprint density at radius 1 is 1.44 bits per heavy atom. The third-order valence-corrected chi connectivity index (χ3v) is 4.47. The molecule has 0 aromatic carbocycles. The maximum absolute atomic E-state index is 10.8. The van der Waals surface area contributed by atoms with E-state index in [1.165, 1.54) is 13.0 Å². The van der Waals surface area contributed by atoms with Crippen molar-refractivity contribution in [1.82, 2.24) is 0 Å². The number of aromatic carboxylic acids is 1. The van der Waals surface area contributed by atoms with Crippen LogP contribution >= 0.6 is 23.1 Å². The second-order valence-electron chi connectivity index (χ2n) is 3.78. The molecule has 0 radical (unpaired) electrons. The molecular weight excluding hydrogens is 276 g/mol. The zero-order valence-electron chi connectivity index (χ0n) is 9.91. The maximum Gasteiger partial charge on any atom is 0.345 e. The normalized spacial score (nSPS) is 14.2. The number of aliphatic hydroxyl groups is 2. The van der Waals surface area contributed by atoms with Crippen molar-refractivity contribution >= 4 is 34.2 Å². The average Bonchev–Trinajstić information content (AvgIpc) is 2.67. The molecule has 1 aromatic heterocycles. The summed E-state index contributed by atoms with van der Waals surface area (Å²) in [6, 6.07) is 1.45. The van der Waals surface area contributed by atoms with E-state index in [0.717, 1.165) is 23.1 Å². The lowest BCUT2D eigenvalue weighted by Crippen LogP contribution is -2.21. The van der Waals surface area contributed by atoms with Crippen LogP contribution in [0, 0.1) is 6.92 Å². The summed E-state index contributed by atoms with van der Waals surface area (Å²) in [4.78, 5) is 22.1. The first-order valence-electron chi connectivity index (χ1n) is 5.16. The summed E-state index contributed by atoms with van der Waals surface area (Å²) in [7, 11) is 0. The van der Waals surface area contributed by atoms with E-state index in [1.807, 2.05) is 0 Å². The summed E-state index contributed by atoms with van der Waals surface area (Å²) in [6.07, 6.45) is -2.27. The Bertz CT molecular complexity index is 454. The molecule has 0 bridgehead atoms. The van der Waals surface area contributed by atoms with Gasteiger partial charge in [0.05, 0.1) is 6.10 Å². The van der Waals surface area contributed by atoms with Gasteiger partial charge in [0.2, 0.25) is 0 Å². The number of thioether (sulfide) groups is 1. The first-order valence-corrected chi connectivity index (χ1v) is 6.96. The van der Waals surface area contributed by atoms with Gasteiger partial charge < -0.3 is 15.3 Å². The van der Waals surface area contributed by atoms with Gasteiger partial charge in [-0.05, 0) is 18.6 Å². The van der Waals surface area contributed by atoms with Gasteiger partial charge in [0.25, 0.3) is 0 Å². The fraction of sp³-hybridized carbons (Fsp3) is 0.455. The lowest BCUT2D eigenvalue weighted by molar-refractivity contribution is -0.109. The molecule has 1 rings (SSSR count). The smallest absolute Gasteiger partial charge is 0.345 e. The highest BCUT2D eigenvalue weighted by Gasteiger charge is 2.24. The Balaban J connectivity index is 2.79. The van der Waals surface area contributed by atoms with E-state index < -0.39 is 18.2 Å². The monoisotopic (exact) mass is 290 g/mol. The zero-order chi connectivity index (χ0) is 13.9. The van der Waals surface area contributed by atoms with Crippen LogP contribution in [0.1, 0.15) is 33.1 Å². The molecule has 2 unspecified atom stereocenters. The molecule has 0 spiro atoms. The molecule has 0 fully saturated rings. The van der Waals surface area contributed by atoms with Gasteiger partial charge in [-0.3, -0.25) is 4.79 Å². The predicted octanol–water partition coefficient (Wildman–Crippen LogP) is 1.43. The van der Waals surface area contributed by atoms with Crippen LogP contribution < -0.4 is 0 Å². The first kappa shape index (κ1) is 15.2. The second kappa shape index (κ2) is 6.33. The number of hydrogen-bond acceptors (Lipinski definition) is 6. The molecule has 100 valence electrons. The Morgan fingerprint density at radius 2 is 2.06 bits per heavy atom. The van der Waals surface area contributed by atoms with Gasteiger partial charge in [-0.25, -0.2) is 4.79 Å². The second-order valence-corrected chi connectivity index (χ2v) is 6.06. The van der Waals surface area contributed by atoms with Crippen LogP contribution in [0.15, 0.2) is 6.07 Å². The molecule has 18 heavy (non-hydrogen) atoms. The highest BCUT2D eigenvalue weighted by atomic mass is 32.2. The molecule has 2 atom stereocenters. The summed E-state index contributed by atoms with van der Waals surface area (Å²) >= 11 is 1.86. The molecule has 0 saturated heterocycles. The van der Waals surface area contributed by atoms with Gasteiger partial charge >= 0.3 is 5.97 Å². The average molecular weight is 290 g/mol. The Hall–Kier alpha value is -0.890. The summed E-state index contributed by atoms with van der Waals surface area (Å²) in [6.45, 7) is 3.05. The van der Waals surface area contributed by atoms with Crippen LogP contribution in [0.25, 0.3) is 0 Å². The van der Waals surface area contributed by atoms with Crippen molar-refractivity contribution < 1.29 is 24.9 Å². The molecule has 0 aliphatic carbocycles. The van der Waals surface area contributed by atoms with Gasteiger partial charge in [-0.2, -0.15) is 0 Å². The van der Waals surface area contributed by atoms with E-state index in [4.69, 9.17) is 5.11 Å². The van der Waals surface area contributed by atoms with Crippen molar-refractivity contribution in [2.24, 2.45) is 0 Å². The molecule has 5 nitrogen and oxygen atoms in total. The molecule has 0 aliphatic heterocycles. The standard InChI is InChI=1S/C11H14O5S2/c1-5-3-8(11(15)16)18-10(5)9(14)7(13)4-17-6(2)12/h3,7,9,13-14H,4H2,1-2H3,(H,15,16). The van der Waals surface area contributed by atoms with Gasteiger partial charge in [-0.1, -0.05) is 11.8 Å². The summed E-state index contributed by atoms with van der Waals surface area (Å²) in [5.41, 5.74) is 0.622. The van der Waals surface area contributed by atoms with E-state index in [-0.39, 0.29) is 15.7 Å². The summed E-state index contributed by atoms with van der Waals surface area (Å²) in [5.74, 6) is -0.981. The number of hydrogen-bond donors (Lipinski definition) is 3. The van der Waals surface area contributed by atoms with Crippen molar-refractivity contribution in [2.75, 3.05) is 5.75 Å². The largest absolute Gasteiger partial charge is 0.477 e. The number of aliphatic hydroxyl groups excluding tert-OH is 2. The van der Waals surface area contributed by atoms with Crippen LogP contribution in [0.5, 0.6) is 0 Å². The van der Waals surface area contributed by atoms with Crippen LogP contribution in [-0.4, -0.2) is 38.3 Å². The number of thiophene rings is 1. The number of carboxylic acids is 1. The predicted molar refractivity (Wildman–Crippen MR) is 70.1 cm³/mol. The van der Waals surface area contributed by atoms with Crippen molar-refractivity contribution in [3.8, 4) is 0 Å². The lowest BCUT2D eigenvalue weighted by Gasteiger charge is -2.16. The third kappa shape index (κ3) is 3.81. The minimum atomic E-state index is -1.17. The number of rotatable bonds is 5. The number of carbonyl (C=O) groups excluding carboxylic acids is 1. The number of carboxylic acid groups (broad SMARTS) is 1. The molecule has 1 heterocycles. The minimum absolute atomic E-state index is 0.0796. The van der Waals surface area contributed by atoms with Crippen molar-refractivity contribution in [3.05, 3.63) is 21.4 Å². The fourth-order valence-electron chi connectivity index (χ4n) is 1.36. The van der Waals surface area contributed by atoms with Gasteiger partial charge in [0.1, 0.15) is 11.0 Å². The van der Waals surface area contributed by atoms with Gasteiger partial charge in [0.15, 0.2) is 5.12 Å². The summed E-state index contributed by atoms with van der Waals surface area (Å²) in [5, 5.41) is 28.3. The minimum Gasteiger partial charge on any atom is -0.477 e. The van der Waals surface area contributed by atoms with Crippen LogP contribution in [0.2, 0.25) is 0 Å². The van der Waals surface area contributed by atoms with Crippen LogP contribution in [0.4, 0.5) is 0 Å². The molecular formula is C11H14O5S2. The third-order valence-electron chi connectivity index (χ3n) is 2.26. The zero-order valence-corrected chi connectivity index (χ0v) is 11.5.